The van der Waals surface area contributed by atoms with Gasteiger partial charge in [-0.1, -0.05) is 44.2 Å². The van der Waals surface area contributed by atoms with Crippen LogP contribution in [0.5, 0.6) is 0 Å². The molecule has 1 nitrogen and oxygen atoms in total. The third-order valence-electron chi connectivity index (χ3n) is 2.68. The third-order valence-corrected chi connectivity index (χ3v) is 2.68. The zero-order chi connectivity index (χ0) is 9.47. The van der Waals surface area contributed by atoms with Gasteiger partial charge in [-0.3, -0.25) is 4.99 Å². The maximum atomic E-state index is 4.57. The molecule has 1 heteroatoms. The molecule has 0 amide bonds. The summed E-state index contributed by atoms with van der Waals surface area (Å²) in [6, 6.07) is 10.5. The van der Waals surface area contributed by atoms with Crippen molar-refractivity contribution in [3.8, 4) is 0 Å². The summed E-state index contributed by atoms with van der Waals surface area (Å²) < 4.78 is 0. The van der Waals surface area contributed by atoms with E-state index in [0.717, 1.165) is 0 Å². The molecule has 1 unspecified atom stereocenters. The van der Waals surface area contributed by atoms with Crippen LogP contribution in [0, 0.1) is 5.92 Å². The Balaban J connectivity index is 2.23. The molecule has 0 aromatic heterocycles. The first-order chi connectivity index (χ1) is 6.14. The van der Waals surface area contributed by atoms with E-state index in [1.165, 1.54) is 11.3 Å². The highest BCUT2D eigenvalue weighted by molar-refractivity contribution is 6.06. The predicted molar refractivity (Wildman–Crippen MR) is 56.1 cm³/mol. The van der Waals surface area contributed by atoms with E-state index in [1.807, 2.05) is 6.07 Å². The van der Waals surface area contributed by atoms with Crippen LogP contribution < -0.4 is 0 Å². The van der Waals surface area contributed by atoms with Crippen molar-refractivity contribution >= 4 is 5.71 Å². The minimum atomic E-state index is 0.0232. The van der Waals surface area contributed by atoms with E-state index in [2.05, 4.69) is 50.0 Å². The molecule has 1 aliphatic rings. The Morgan fingerprint density at radius 3 is 2.23 bits per heavy atom. The van der Waals surface area contributed by atoms with Crippen LogP contribution in [0.2, 0.25) is 0 Å². The van der Waals surface area contributed by atoms with Crippen LogP contribution in [-0.2, 0) is 5.54 Å². The molecule has 0 spiro atoms. The van der Waals surface area contributed by atoms with Crippen molar-refractivity contribution in [3.63, 3.8) is 0 Å². The number of benzene rings is 1. The van der Waals surface area contributed by atoms with Gasteiger partial charge in [0, 0.05) is 5.71 Å². The van der Waals surface area contributed by atoms with Crippen LogP contribution in [0.4, 0.5) is 0 Å². The second-order valence-electron chi connectivity index (χ2n) is 4.09. The van der Waals surface area contributed by atoms with Crippen molar-refractivity contribution in [1.29, 1.82) is 0 Å². The quantitative estimate of drug-likeness (QED) is 0.652. The Bertz CT molecular complexity index is 337. The lowest BCUT2D eigenvalue weighted by molar-refractivity contribution is 0.768. The molecule has 1 atom stereocenters. The summed E-state index contributed by atoms with van der Waals surface area (Å²) in [5.41, 5.74) is 2.67. The largest absolute Gasteiger partial charge is 0.274 e. The van der Waals surface area contributed by atoms with Gasteiger partial charge in [0.1, 0.15) is 5.54 Å². The maximum absolute atomic E-state index is 4.57. The summed E-state index contributed by atoms with van der Waals surface area (Å²) in [5.74, 6) is 0.574. The van der Waals surface area contributed by atoms with Gasteiger partial charge in [0.25, 0.3) is 0 Å². The highest BCUT2D eigenvalue weighted by Gasteiger charge is 2.44. The van der Waals surface area contributed by atoms with Gasteiger partial charge < -0.3 is 0 Å². The molecule has 0 saturated heterocycles. The van der Waals surface area contributed by atoms with Gasteiger partial charge in [-0.25, -0.2) is 0 Å². The van der Waals surface area contributed by atoms with Crippen LogP contribution in [0.3, 0.4) is 0 Å². The Labute approximate surface area is 79.5 Å². The monoisotopic (exact) mass is 173 g/mol. The van der Waals surface area contributed by atoms with Gasteiger partial charge in [0.2, 0.25) is 0 Å². The lowest BCUT2D eigenvalue weighted by Crippen LogP contribution is -2.15. The molecular weight excluding hydrogens is 158 g/mol. The molecule has 1 aromatic carbocycles. The fourth-order valence-electron chi connectivity index (χ4n) is 1.88. The first-order valence-corrected chi connectivity index (χ1v) is 4.80. The Morgan fingerprint density at radius 2 is 1.77 bits per heavy atom. The second-order valence-corrected chi connectivity index (χ2v) is 4.09. The molecule has 0 aliphatic carbocycles. The molecule has 0 saturated carbocycles. The fraction of sp³-hybridized carbons (Fsp3) is 0.417. The normalized spacial score (nSPS) is 26.0. The van der Waals surface area contributed by atoms with Crippen molar-refractivity contribution in [1.82, 2.24) is 0 Å². The van der Waals surface area contributed by atoms with Crippen LogP contribution >= 0.6 is 0 Å². The SMILES string of the molecule is CC(C)C1=NC1(C)c1ccccc1. The summed E-state index contributed by atoms with van der Waals surface area (Å²) in [5, 5.41) is 0. The zero-order valence-corrected chi connectivity index (χ0v) is 8.41. The molecule has 1 aromatic rings. The van der Waals surface area contributed by atoms with Gasteiger partial charge in [-0.2, -0.15) is 0 Å². The van der Waals surface area contributed by atoms with E-state index >= 15 is 0 Å². The van der Waals surface area contributed by atoms with Crippen molar-refractivity contribution in [2.24, 2.45) is 10.9 Å². The standard InChI is InChI=1S/C12H15N/c1-9(2)11-12(3,13-11)10-7-5-4-6-8-10/h4-9H,1-3H3. The van der Waals surface area contributed by atoms with E-state index in [9.17, 15) is 0 Å². The van der Waals surface area contributed by atoms with Crippen molar-refractivity contribution in [3.05, 3.63) is 35.9 Å². The van der Waals surface area contributed by atoms with Gasteiger partial charge in [-0.15, -0.1) is 0 Å². The van der Waals surface area contributed by atoms with Crippen LogP contribution in [0.15, 0.2) is 35.3 Å². The van der Waals surface area contributed by atoms with Gasteiger partial charge in [-0.05, 0) is 18.4 Å². The molecule has 0 bridgehead atoms. The summed E-state index contributed by atoms with van der Waals surface area (Å²) in [6.07, 6.45) is 0. The molecule has 0 fully saturated rings. The fourth-order valence-corrected chi connectivity index (χ4v) is 1.88. The lowest BCUT2D eigenvalue weighted by Gasteiger charge is -2.10. The molecule has 13 heavy (non-hydrogen) atoms. The van der Waals surface area contributed by atoms with E-state index in [0.29, 0.717) is 5.92 Å². The molecule has 2 rings (SSSR count). The van der Waals surface area contributed by atoms with E-state index in [4.69, 9.17) is 0 Å². The summed E-state index contributed by atoms with van der Waals surface area (Å²) >= 11 is 0. The van der Waals surface area contributed by atoms with Crippen molar-refractivity contribution < 1.29 is 0 Å². The Morgan fingerprint density at radius 1 is 1.15 bits per heavy atom. The lowest BCUT2D eigenvalue weighted by atomic mass is 9.91. The molecule has 0 radical (unpaired) electrons. The van der Waals surface area contributed by atoms with E-state index in [1.54, 1.807) is 0 Å². The van der Waals surface area contributed by atoms with Gasteiger partial charge >= 0.3 is 0 Å². The average molecular weight is 173 g/mol. The van der Waals surface area contributed by atoms with Crippen LogP contribution in [-0.4, -0.2) is 5.71 Å². The third kappa shape index (κ3) is 1.28. The average Bonchev–Trinajstić information content (AvgIpc) is 2.82. The molecule has 68 valence electrons. The molecular formula is C12H15N. The van der Waals surface area contributed by atoms with Crippen LogP contribution in [0.25, 0.3) is 0 Å². The Hall–Kier alpha value is -1.11. The number of nitrogens with zero attached hydrogens (tertiary/aromatic N) is 1. The van der Waals surface area contributed by atoms with Gasteiger partial charge in [0.15, 0.2) is 0 Å². The van der Waals surface area contributed by atoms with Gasteiger partial charge in [0.05, 0.1) is 0 Å². The minimum absolute atomic E-state index is 0.0232. The zero-order valence-electron chi connectivity index (χ0n) is 8.41. The van der Waals surface area contributed by atoms with E-state index < -0.39 is 0 Å². The van der Waals surface area contributed by atoms with Crippen LogP contribution in [0.1, 0.15) is 26.3 Å². The highest BCUT2D eigenvalue weighted by Crippen LogP contribution is 2.41. The summed E-state index contributed by atoms with van der Waals surface area (Å²) in [7, 11) is 0. The smallest absolute Gasteiger partial charge is 0.121 e. The molecule has 0 N–H and O–H groups in total. The molecule has 1 aliphatic heterocycles. The first-order valence-electron chi connectivity index (χ1n) is 4.80. The Kier molecular flexibility index (Phi) is 1.76. The van der Waals surface area contributed by atoms with Crippen molar-refractivity contribution in [2.45, 2.75) is 26.3 Å². The topological polar surface area (TPSA) is 12.4 Å². The highest BCUT2D eigenvalue weighted by atomic mass is 15.0. The maximum Gasteiger partial charge on any atom is 0.121 e. The number of aliphatic imine (C=N–C) groups is 1. The second kappa shape index (κ2) is 2.69. The summed E-state index contributed by atoms with van der Waals surface area (Å²) in [6.45, 7) is 6.59. The number of hydrogen-bond donors (Lipinski definition) is 0. The first kappa shape index (κ1) is 8.49. The number of rotatable bonds is 2. The predicted octanol–water partition coefficient (Wildman–Crippen LogP) is 3.01. The molecule has 1 heterocycles. The number of hydrogen-bond acceptors (Lipinski definition) is 1. The van der Waals surface area contributed by atoms with E-state index in [-0.39, 0.29) is 5.54 Å². The van der Waals surface area contributed by atoms with Crippen molar-refractivity contribution in [2.75, 3.05) is 0 Å². The summed E-state index contributed by atoms with van der Waals surface area (Å²) in [4.78, 5) is 4.57. The minimum Gasteiger partial charge on any atom is -0.274 e.